The van der Waals surface area contributed by atoms with Crippen LogP contribution in [0.15, 0.2) is 18.3 Å². The fourth-order valence-corrected chi connectivity index (χ4v) is 2.91. The van der Waals surface area contributed by atoms with Crippen LogP contribution >= 0.6 is 0 Å². The maximum Gasteiger partial charge on any atom is 0.0564 e. The van der Waals surface area contributed by atoms with E-state index < -0.39 is 10.8 Å². The Labute approximate surface area is 98.5 Å². The molecule has 1 aliphatic heterocycles. The Morgan fingerprint density at radius 3 is 2.94 bits per heavy atom. The van der Waals surface area contributed by atoms with Gasteiger partial charge >= 0.3 is 0 Å². The molecule has 0 unspecified atom stereocenters. The SMILES string of the molecule is CNc1ccnc(CN2CCS(=O)CC2)c1. The van der Waals surface area contributed by atoms with Gasteiger partial charge in [-0.2, -0.15) is 0 Å². The molecule has 2 heterocycles. The average Bonchev–Trinajstić information content (AvgIpc) is 2.32. The van der Waals surface area contributed by atoms with Crippen LogP contribution in [0.1, 0.15) is 5.69 Å². The second-order valence-corrected chi connectivity index (χ2v) is 5.61. The van der Waals surface area contributed by atoms with E-state index in [1.54, 1.807) is 0 Å². The van der Waals surface area contributed by atoms with Crippen LogP contribution in [-0.2, 0) is 17.3 Å². The third kappa shape index (κ3) is 3.02. The van der Waals surface area contributed by atoms with Crippen molar-refractivity contribution in [1.82, 2.24) is 9.88 Å². The van der Waals surface area contributed by atoms with Gasteiger partial charge in [-0.3, -0.25) is 14.1 Å². The Kier molecular flexibility index (Phi) is 3.90. The number of pyridine rings is 1. The Balaban J connectivity index is 1.95. The lowest BCUT2D eigenvalue weighted by Gasteiger charge is -2.25. The fraction of sp³-hybridized carbons (Fsp3) is 0.545. The summed E-state index contributed by atoms with van der Waals surface area (Å²) < 4.78 is 11.2. The Hall–Kier alpha value is -0.940. The zero-order chi connectivity index (χ0) is 11.4. The van der Waals surface area contributed by atoms with Crippen molar-refractivity contribution in [1.29, 1.82) is 0 Å². The van der Waals surface area contributed by atoms with Crippen LogP contribution in [0.25, 0.3) is 0 Å². The molecule has 1 aliphatic rings. The third-order valence-electron chi connectivity index (χ3n) is 2.76. The molecule has 0 amide bonds. The van der Waals surface area contributed by atoms with E-state index in [0.717, 1.165) is 42.5 Å². The molecule has 0 atom stereocenters. The van der Waals surface area contributed by atoms with Crippen LogP contribution in [0.2, 0.25) is 0 Å². The van der Waals surface area contributed by atoms with Gasteiger partial charge < -0.3 is 5.32 Å². The second kappa shape index (κ2) is 5.41. The summed E-state index contributed by atoms with van der Waals surface area (Å²) in [5.74, 6) is 1.59. The minimum absolute atomic E-state index is 0.599. The summed E-state index contributed by atoms with van der Waals surface area (Å²) in [6.07, 6.45) is 1.82. The van der Waals surface area contributed by atoms with E-state index in [1.165, 1.54) is 0 Å². The number of nitrogens with one attached hydrogen (secondary N) is 1. The largest absolute Gasteiger partial charge is 0.388 e. The first-order valence-corrected chi connectivity index (χ1v) is 6.97. The van der Waals surface area contributed by atoms with Gasteiger partial charge in [0.2, 0.25) is 0 Å². The molecule has 1 fully saturated rings. The standard InChI is InChI=1S/C11H17N3OS/c1-12-10-2-3-13-11(8-10)9-14-4-6-16(15)7-5-14/h2-3,8H,4-7,9H2,1H3,(H,12,13). The van der Waals surface area contributed by atoms with E-state index in [2.05, 4.69) is 21.3 Å². The van der Waals surface area contributed by atoms with Crippen LogP contribution in [-0.4, -0.2) is 45.7 Å². The van der Waals surface area contributed by atoms with Crippen molar-refractivity contribution < 1.29 is 4.21 Å². The minimum Gasteiger partial charge on any atom is -0.388 e. The van der Waals surface area contributed by atoms with Crippen molar-refractivity contribution in [3.05, 3.63) is 24.0 Å². The van der Waals surface area contributed by atoms with Gasteiger partial charge in [-0.1, -0.05) is 0 Å². The van der Waals surface area contributed by atoms with E-state index in [-0.39, 0.29) is 0 Å². The van der Waals surface area contributed by atoms with Crippen LogP contribution in [0, 0.1) is 0 Å². The first kappa shape index (κ1) is 11.5. The number of nitrogens with zero attached hydrogens (tertiary/aromatic N) is 2. The smallest absolute Gasteiger partial charge is 0.0564 e. The molecule has 88 valence electrons. The molecule has 1 aromatic rings. The van der Waals surface area contributed by atoms with Gasteiger partial charge in [-0.05, 0) is 12.1 Å². The molecular formula is C11H17N3OS. The molecule has 0 bridgehead atoms. The minimum atomic E-state index is -0.599. The van der Waals surface area contributed by atoms with E-state index >= 15 is 0 Å². The highest BCUT2D eigenvalue weighted by Gasteiger charge is 2.15. The molecule has 1 saturated heterocycles. The topological polar surface area (TPSA) is 45.2 Å². The van der Waals surface area contributed by atoms with Crippen molar-refractivity contribution in [3.63, 3.8) is 0 Å². The summed E-state index contributed by atoms with van der Waals surface area (Å²) in [5, 5.41) is 3.10. The maximum absolute atomic E-state index is 11.2. The van der Waals surface area contributed by atoms with Gasteiger partial charge in [0.15, 0.2) is 0 Å². The highest BCUT2D eigenvalue weighted by atomic mass is 32.2. The van der Waals surface area contributed by atoms with Crippen molar-refractivity contribution in [3.8, 4) is 0 Å². The number of hydrogen-bond acceptors (Lipinski definition) is 4. The molecule has 4 nitrogen and oxygen atoms in total. The van der Waals surface area contributed by atoms with E-state index in [4.69, 9.17) is 0 Å². The zero-order valence-corrected chi connectivity index (χ0v) is 10.3. The van der Waals surface area contributed by atoms with E-state index in [9.17, 15) is 4.21 Å². The van der Waals surface area contributed by atoms with Crippen LogP contribution in [0.3, 0.4) is 0 Å². The highest BCUT2D eigenvalue weighted by molar-refractivity contribution is 7.85. The molecule has 1 aromatic heterocycles. The van der Waals surface area contributed by atoms with Crippen molar-refractivity contribution >= 4 is 16.5 Å². The fourth-order valence-electron chi connectivity index (χ4n) is 1.78. The molecule has 2 rings (SSSR count). The summed E-state index contributed by atoms with van der Waals surface area (Å²) in [7, 11) is 1.31. The molecule has 16 heavy (non-hydrogen) atoms. The average molecular weight is 239 g/mol. The van der Waals surface area contributed by atoms with Gasteiger partial charge in [0.25, 0.3) is 0 Å². The lowest BCUT2D eigenvalue weighted by Crippen LogP contribution is -2.37. The summed E-state index contributed by atoms with van der Waals surface area (Å²) >= 11 is 0. The quantitative estimate of drug-likeness (QED) is 0.843. The molecule has 0 radical (unpaired) electrons. The maximum atomic E-state index is 11.2. The molecule has 5 heteroatoms. The first-order valence-electron chi connectivity index (χ1n) is 5.48. The van der Waals surface area contributed by atoms with Crippen LogP contribution in [0.4, 0.5) is 5.69 Å². The lowest BCUT2D eigenvalue weighted by molar-refractivity contribution is 0.288. The molecule has 0 aliphatic carbocycles. The van der Waals surface area contributed by atoms with Gasteiger partial charge in [0.05, 0.1) is 5.69 Å². The van der Waals surface area contributed by atoms with Crippen molar-refractivity contribution in [2.75, 3.05) is 37.0 Å². The molecule has 0 spiro atoms. The normalized spacial score (nSPS) is 18.6. The summed E-state index contributed by atoms with van der Waals surface area (Å²) in [6, 6.07) is 4.01. The van der Waals surface area contributed by atoms with Gasteiger partial charge in [0.1, 0.15) is 0 Å². The predicted molar refractivity (Wildman–Crippen MR) is 66.9 cm³/mol. The first-order chi connectivity index (χ1) is 7.78. The monoisotopic (exact) mass is 239 g/mol. The molecular weight excluding hydrogens is 222 g/mol. The van der Waals surface area contributed by atoms with E-state index in [1.807, 2.05) is 19.3 Å². The Bertz CT molecular complexity index is 373. The van der Waals surface area contributed by atoms with Crippen molar-refractivity contribution in [2.45, 2.75) is 6.54 Å². The molecule has 0 aromatic carbocycles. The Morgan fingerprint density at radius 2 is 2.25 bits per heavy atom. The van der Waals surface area contributed by atoms with Gasteiger partial charge in [-0.15, -0.1) is 0 Å². The molecule has 1 N–H and O–H groups in total. The molecule has 0 saturated carbocycles. The van der Waals surface area contributed by atoms with Crippen molar-refractivity contribution in [2.24, 2.45) is 0 Å². The second-order valence-electron chi connectivity index (χ2n) is 3.91. The van der Waals surface area contributed by atoms with E-state index in [0.29, 0.717) is 0 Å². The number of rotatable bonds is 3. The lowest BCUT2D eigenvalue weighted by atomic mass is 10.3. The van der Waals surface area contributed by atoms with Crippen LogP contribution < -0.4 is 5.32 Å². The number of aromatic nitrogens is 1. The number of anilines is 1. The summed E-state index contributed by atoms with van der Waals surface area (Å²) in [6.45, 7) is 2.68. The van der Waals surface area contributed by atoms with Crippen LogP contribution in [0.5, 0.6) is 0 Å². The number of hydrogen-bond donors (Lipinski definition) is 1. The third-order valence-corrected chi connectivity index (χ3v) is 4.04. The predicted octanol–water partition coefficient (Wildman–Crippen LogP) is 0.688. The summed E-state index contributed by atoms with van der Waals surface area (Å²) in [4.78, 5) is 6.65. The zero-order valence-electron chi connectivity index (χ0n) is 9.48. The van der Waals surface area contributed by atoms with Gasteiger partial charge in [0, 0.05) is 60.9 Å². The summed E-state index contributed by atoms with van der Waals surface area (Å²) in [5.41, 5.74) is 2.16. The Morgan fingerprint density at radius 1 is 1.50 bits per heavy atom. The highest BCUT2D eigenvalue weighted by Crippen LogP contribution is 2.10. The van der Waals surface area contributed by atoms with Gasteiger partial charge in [-0.25, -0.2) is 0 Å².